The fourth-order valence-electron chi connectivity index (χ4n) is 5.22. The maximum atomic E-state index is 13.3. The summed E-state index contributed by atoms with van der Waals surface area (Å²) in [4.78, 5) is 26.5. The van der Waals surface area contributed by atoms with Crippen LogP contribution < -0.4 is 15.8 Å². The van der Waals surface area contributed by atoms with Crippen molar-refractivity contribution >= 4 is 44.8 Å². The van der Waals surface area contributed by atoms with Crippen LogP contribution in [-0.2, 0) is 29.7 Å². The SMILES string of the molecule is COc1ccc2c(c1)c(C1=C(c3cn(C)c4ccccc34)C(=O)NC1=O)cn2Cc1ccc(CN)cc1. The molecule has 0 spiro atoms. The number of rotatable bonds is 6. The molecule has 1 aliphatic heterocycles. The van der Waals surface area contributed by atoms with Gasteiger partial charge in [0.25, 0.3) is 11.8 Å². The average Bonchev–Trinajstić information content (AvgIpc) is 3.54. The minimum absolute atomic E-state index is 0.372. The molecule has 6 rings (SSSR count). The molecule has 3 N–H and O–H groups in total. The Morgan fingerprint density at radius 1 is 0.811 bits per heavy atom. The van der Waals surface area contributed by atoms with Crippen molar-refractivity contribution in [1.29, 1.82) is 0 Å². The molecule has 7 heteroatoms. The fraction of sp³-hybridized carbons (Fsp3) is 0.133. The van der Waals surface area contributed by atoms with E-state index in [2.05, 4.69) is 22.0 Å². The van der Waals surface area contributed by atoms with Crippen LogP contribution >= 0.6 is 0 Å². The van der Waals surface area contributed by atoms with Gasteiger partial charge in [0.2, 0.25) is 0 Å². The minimum Gasteiger partial charge on any atom is -0.497 e. The predicted molar refractivity (Wildman–Crippen MR) is 145 cm³/mol. The van der Waals surface area contributed by atoms with Gasteiger partial charge in [0.15, 0.2) is 0 Å². The number of nitrogens with two attached hydrogens (primary N) is 1. The Hall–Kier alpha value is -4.62. The van der Waals surface area contributed by atoms with Crippen LogP contribution in [0.4, 0.5) is 0 Å². The van der Waals surface area contributed by atoms with E-state index in [1.807, 2.05) is 78.6 Å². The Bertz CT molecular complexity index is 1740. The molecule has 0 atom stereocenters. The zero-order valence-electron chi connectivity index (χ0n) is 20.6. The molecule has 7 nitrogen and oxygen atoms in total. The van der Waals surface area contributed by atoms with E-state index < -0.39 is 11.8 Å². The van der Waals surface area contributed by atoms with Crippen molar-refractivity contribution in [2.24, 2.45) is 12.8 Å². The summed E-state index contributed by atoms with van der Waals surface area (Å²) in [5.74, 6) is -0.115. The first-order valence-corrected chi connectivity index (χ1v) is 12.1. The molecule has 184 valence electrons. The van der Waals surface area contributed by atoms with E-state index in [1.165, 1.54) is 0 Å². The van der Waals surface area contributed by atoms with Crippen LogP contribution in [0.25, 0.3) is 33.0 Å². The summed E-state index contributed by atoms with van der Waals surface area (Å²) in [6, 6.07) is 21.8. The maximum absolute atomic E-state index is 13.3. The van der Waals surface area contributed by atoms with Gasteiger partial charge >= 0.3 is 0 Å². The first kappa shape index (κ1) is 22.8. The number of fused-ring (bicyclic) bond motifs is 2. The summed E-state index contributed by atoms with van der Waals surface area (Å²) < 4.78 is 9.58. The largest absolute Gasteiger partial charge is 0.497 e. The number of aryl methyl sites for hydroxylation is 1. The number of nitrogens with zero attached hydrogens (tertiary/aromatic N) is 2. The van der Waals surface area contributed by atoms with Crippen LogP contribution in [0.15, 0.2) is 79.1 Å². The van der Waals surface area contributed by atoms with Gasteiger partial charge in [-0.25, -0.2) is 0 Å². The molecule has 5 aromatic rings. The van der Waals surface area contributed by atoms with Gasteiger partial charge in [-0.3, -0.25) is 14.9 Å². The molecule has 3 aromatic carbocycles. The van der Waals surface area contributed by atoms with Crippen molar-refractivity contribution < 1.29 is 14.3 Å². The summed E-state index contributed by atoms with van der Waals surface area (Å²) >= 11 is 0. The quantitative estimate of drug-likeness (QED) is 0.349. The van der Waals surface area contributed by atoms with Gasteiger partial charge in [0.05, 0.1) is 18.3 Å². The lowest BCUT2D eigenvalue weighted by Gasteiger charge is -2.07. The summed E-state index contributed by atoms with van der Waals surface area (Å²) in [7, 11) is 3.55. The lowest BCUT2D eigenvalue weighted by atomic mass is 9.95. The smallest absolute Gasteiger partial charge is 0.259 e. The molecule has 0 aliphatic carbocycles. The molecular formula is C30H26N4O3. The Morgan fingerprint density at radius 2 is 1.49 bits per heavy atom. The number of carbonyl (C=O) groups is 2. The second-order valence-electron chi connectivity index (χ2n) is 9.28. The van der Waals surface area contributed by atoms with E-state index in [9.17, 15) is 9.59 Å². The van der Waals surface area contributed by atoms with Gasteiger partial charge in [0, 0.05) is 65.5 Å². The molecule has 0 saturated heterocycles. The zero-order chi connectivity index (χ0) is 25.7. The predicted octanol–water partition coefficient (Wildman–Crippen LogP) is 4.22. The summed E-state index contributed by atoms with van der Waals surface area (Å²) in [5.41, 5.74) is 12.0. The van der Waals surface area contributed by atoms with E-state index in [-0.39, 0.29) is 0 Å². The Balaban J connectivity index is 1.59. The van der Waals surface area contributed by atoms with Gasteiger partial charge in [-0.15, -0.1) is 0 Å². The van der Waals surface area contributed by atoms with Gasteiger partial charge in [-0.1, -0.05) is 42.5 Å². The van der Waals surface area contributed by atoms with Gasteiger partial charge in [0.1, 0.15) is 5.75 Å². The molecule has 2 aromatic heterocycles. The topological polar surface area (TPSA) is 91.3 Å². The fourth-order valence-corrected chi connectivity index (χ4v) is 5.22. The van der Waals surface area contributed by atoms with Crippen LogP contribution in [0.3, 0.4) is 0 Å². The van der Waals surface area contributed by atoms with E-state index in [0.29, 0.717) is 35.5 Å². The van der Waals surface area contributed by atoms with Crippen molar-refractivity contribution in [2.45, 2.75) is 13.1 Å². The van der Waals surface area contributed by atoms with Crippen LogP contribution in [0, 0.1) is 0 Å². The third-order valence-corrected chi connectivity index (χ3v) is 7.07. The molecule has 0 radical (unpaired) electrons. The molecule has 2 amide bonds. The van der Waals surface area contributed by atoms with Crippen molar-refractivity contribution in [3.05, 3.63) is 101 Å². The van der Waals surface area contributed by atoms with E-state index in [1.54, 1.807) is 7.11 Å². The average molecular weight is 491 g/mol. The maximum Gasteiger partial charge on any atom is 0.259 e. The van der Waals surface area contributed by atoms with Gasteiger partial charge in [-0.05, 0) is 35.4 Å². The van der Waals surface area contributed by atoms with Crippen molar-refractivity contribution in [1.82, 2.24) is 14.5 Å². The monoisotopic (exact) mass is 490 g/mol. The van der Waals surface area contributed by atoms with E-state index in [4.69, 9.17) is 10.5 Å². The van der Waals surface area contributed by atoms with Crippen LogP contribution in [0.2, 0.25) is 0 Å². The highest BCUT2D eigenvalue weighted by molar-refractivity contribution is 6.50. The number of hydrogen-bond acceptors (Lipinski definition) is 4. The number of amides is 2. The van der Waals surface area contributed by atoms with Crippen LogP contribution in [0.5, 0.6) is 5.75 Å². The standard InChI is InChI=1S/C30H26N4O3/c1-33-16-23(21-5-3-4-6-25(21)33)27-28(30(36)32-29(27)35)24-17-34(15-19-9-7-18(14-31)8-10-19)26-12-11-20(37-2)13-22(24)26/h3-13,16-17H,14-15,31H2,1-2H3,(H,32,35,36). The normalized spacial score (nSPS) is 13.7. The molecule has 0 unspecified atom stereocenters. The number of imide groups is 1. The third kappa shape index (κ3) is 3.72. The number of nitrogens with one attached hydrogen (secondary N) is 1. The number of aromatic nitrogens is 2. The zero-order valence-corrected chi connectivity index (χ0v) is 20.6. The first-order valence-electron chi connectivity index (χ1n) is 12.1. The molecule has 37 heavy (non-hydrogen) atoms. The molecule has 0 fully saturated rings. The second-order valence-corrected chi connectivity index (χ2v) is 9.28. The second kappa shape index (κ2) is 8.80. The van der Waals surface area contributed by atoms with Gasteiger partial charge < -0.3 is 19.6 Å². The molecule has 0 saturated carbocycles. The lowest BCUT2D eigenvalue weighted by Crippen LogP contribution is -2.22. The highest BCUT2D eigenvalue weighted by atomic mass is 16.5. The highest BCUT2D eigenvalue weighted by Crippen LogP contribution is 2.39. The number of hydrogen-bond donors (Lipinski definition) is 2. The van der Waals surface area contributed by atoms with Crippen LogP contribution in [0.1, 0.15) is 22.3 Å². The number of carbonyl (C=O) groups excluding carboxylic acids is 2. The number of ether oxygens (including phenoxy) is 1. The lowest BCUT2D eigenvalue weighted by molar-refractivity contribution is -0.122. The number of para-hydroxylation sites is 1. The summed E-state index contributed by atoms with van der Waals surface area (Å²) in [6.45, 7) is 1.09. The van der Waals surface area contributed by atoms with E-state index in [0.717, 1.165) is 38.5 Å². The number of methoxy groups -OCH3 is 1. The highest BCUT2D eigenvalue weighted by Gasteiger charge is 2.35. The molecule has 0 bridgehead atoms. The van der Waals surface area contributed by atoms with Crippen molar-refractivity contribution in [3.8, 4) is 5.75 Å². The van der Waals surface area contributed by atoms with E-state index >= 15 is 0 Å². The van der Waals surface area contributed by atoms with Crippen LogP contribution in [-0.4, -0.2) is 28.1 Å². The van der Waals surface area contributed by atoms with Gasteiger partial charge in [-0.2, -0.15) is 0 Å². The Kier molecular flexibility index (Phi) is 5.43. The third-order valence-electron chi connectivity index (χ3n) is 7.07. The Labute approximate surface area is 213 Å². The van der Waals surface area contributed by atoms with Crippen molar-refractivity contribution in [2.75, 3.05) is 7.11 Å². The minimum atomic E-state index is -0.401. The summed E-state index contributed by atoms with van der Waals surface area (Å²) in [6.07, 6.45) is 3.87. The molecule has 1 aliphatic rings. The first-order chi connectivity index (χ1) is 18.0. The van der Waals surface area contributed by atoms with Crippen molar-refractivity contribution in [3.63, 3.8) is 0 Å². The molecular weight excluding hydrogens is 464 g/mol. The Morgan fingerprint density at radius 3 is 2.19 bits per heavy atom. The number of benzene rings is 3. The summed E-state index contributed by atoms with van der Waals surface area (Å²) in [5, 5.41) is 4.30. The molecule has 3 heterocycles.